The highest BCUT2D eigenvalue weighted by Gasteiger charge is 2.25. The Morgan fingerprint density at radius 3 is 2.92 bits per heavy atom. The molecule has 1 aromatic carbocycles. The maximum atomic E-state index is 12.7. The van der Waals surface area contributed by atoms with E-state index in [4.69, 9.17) is 10.00 Å². The van der Waals surface area contributed by atoms with Crippen LogP contribution in [0.3, 0.4) is 0 Å². The summed E-state index contributed by atoms with van der Waals surface area (Å²) in [4.78, 5) is 21.9. The van der Waals surface area contributed by atoms with Crippen molar-refractivity contribution in [3.05, 3.63) is 59.9 Å². The standard InChI is InChI=1S/C20H18N4O2/c21-13-16-2-1-8-23-19(16)26-17-6-10-24(11-7-17)20(25)15-4-3-14-5-9-22-18(14)12-15/h1-5,8-9,12,17,22H,6-7,10-11H2. The van der Waals surface area contributed by atoms with Crippen molar-refractivity contribution in [2.75, 3.05) is 13.1 Å². The van der Waals surface area contributed by atoms with Crippen LogP contribution in [0.2, 0.25) is 0 Å². The summed E-state index contributed by atoms with van der Waals surface area (Å²) in [5.41, 5.74) is 2.09. The Hall–Kier alpha value is -3.33. The molecule has 4 rings (SSSR count). The van der Waals surface area contributed by atoms with Gasteiger partial charge in [-0.15, -0.1) is 0 Å². The number of carbonyl (C=O) groups is 1. The van der Waals surface area contributed by atoms with Crippen molar-refractivity contribution >= 4 is 16.8 Å². The highest BCUT2D eigenvalue weighted by Crippen LogP contribution is 2.22. The first-order valence-corrected chi connectivity index (χ1v) is 8.63. The van der Waals surface area contributed by atoms with E-state index in [1.807, 2.05) is 35.4 Å². The molecular weight excluding hydrogens is 328 g/mol. The van der Waals surface area contributed by atoms with Crippen LogP contribution in [0.1, 0.15) is 28.8 Å². The summed E-state index contributed by atoms with van der Waals surface area (Å²) in [6.07, 6.45) is 4.89. The topological polar surface area (TPSA) is 82.0 Å². The quantitative estimate of drug-likeness (QED) is 0.790. The van der Waals surface area contributed by atoms with Gasteiger partial charge in [-0.1, -0.05) is 6.07 Å². The zero-order chi connectivity index (χ0) is 17.9. The highest BCUT2D eigenvalue weighted by molar-refractivity contribution is 5.98. The zero-order valence-electron chi connectivity index (χ0n) is 14.2. The number of nitriles is 1. The number of rotatable bonds is 3. The summed E-state index contributed by atoms with van der Waals surface area (Å²) in [5, 5.41) is 10.2. The summed E-state index contributed by atoms with van der Waals surface area (Å²) in [7, 11) is 0. The van der Waals surface area contributed by atoms with Crippen LogP contribution in [0.4, 0.5) is 0 Å². The number of hydrogen-bond donors (Lipinski definition) is 1. The Morgan fingerprint density at radius 1 is 1.27 bits per heavy atom. The molecule has 0 unspecified atom stereocenters. The Balaban J connectivity index is 1.40. The second-order valence-corrected chi connectivity index (χ2v) is 6.36. The number of fused-ring (bicyclic) bond motifs is 1. The van der Waals surface area contributed by atoms with Crippen LogP contribution >= 0.6 is 0 Å². The van der Waals surface area contributed by atoms with Gasteiger partial charge in [-0.3, -0.25) is 4.79 Å². The van der Waals surface area contributed by atoms with E-state index in [1.54, 1.807) is 18.3 Å². The summed E-state index contributed by atoms with van der Waals surface area (Å²) >= 11 is 0. The van der Waals surface area contributed by atoms with Gasteiger partial charge in [0.1, 0.15) is 17.7 Å². The Morgan fingerprint density at radius 2 is 2.12 bits per heavy atom. The molecule has 0 radical (unpaired) electrons. The molecule has 0 aliphatic carbocycles. The van der Waals surface area contributed by atoms with E-state index in [9.17, 15) is 4.79 Å². The molecule has 1 aliphatic rings. The second-order valence-electron chi connectivity index (χ2n) is 6.36. The lowest BCUT2D eigenvalue weighted by Crippen LogP contribution is -2.41. The van der Waals surface area contributed by atoms with Gasteiger partial charge in [-0.2, -0.15) is 5.26 Å². The molecule has 26 heavy (non-hydrogen) atoms. The van der Waals surface area contributed by atoms with E-state index in [-0.39, 0.29) is 12.0 Å². The number of pyridine rings is 1. The monoisotopic (exact) mass is 346 g/mol. The second kappa shape index (κ2) is 6.89. The van der Waals surface area contributed by atoms with Crippen molar-refractivity contribution in [1.29, 1.82) is 5.26 Å². The van der Waals surface area contributed by atoms with E-state index in [0.29, 0.717) is 30.1 Å². The SMILES string of the molecule is N#Cc1cccnc1OC1CCN(C(=O)c2ccc3cc[nH]c3c2)CC1. The number of carbonyl (C=O) groups excluding carboxylic acids is 1. The maximum absolute atomic E-state index is 12.7. The summed E-state index contributed by atoms with van der Waals surface area (Å²) < 4.78 is 5.88. The number of nitrogens with one attached hydrogen (secondary N) is 1. The number of amides is 1. The number of ether oxygens (including phenoxy) is 1. The highest BCUT2D eigenvalue weighted by atomic mass is 16.5. The number of piperidine rings is 1. The minimum atomic E-state index is -0.0352. The van der Waals surface area contributed by atoms with Crippen molar-refractivity contribution in [3.8, 4) is 11.9 Å². The van der Waals surface area contributed by atoms with Gasteiger partial charge < -0.3 is 14.6 Å². The molecule has 1 fully saturated rings. The molecule has 0 atom stereocenters. The fourth-order valence-corrected chi connectivity index (χ4v) is 3.27. The lowest BCUT2D eigenvalue weighted by Gasteiger charge is -2.32. The Bertz CT molecular complexity index is 981. The number of benzene rings is 1. The molecule has 0 spiro atoms. The molecule has 1 N–H and O–H groups in total. The smallest absolute Gasteiger partial charge is 0.253 e. The zero-order valence-corrected chi connectivity index (χ0v) is 14.2. The molecular formula is C20H18N4O2. The predicted molar refractivity (Wildman–Crippen MR) is 96.8 cm³/mol. The summed E-state index contributed by atoms with van der Waals surface area (Å²) in [6, 6.07) is 13.2. The van der Waals surface area contributed by atoms with Crippen LogP contribution in [0.5, 0.6) is 5.88 Å². The number of aromatic nitrogens is 2. The molecule has 6 heteroatoms. The molecule has 1 amide bonds. The van der Waals surface area contributed by atoms with Gasteiger partial charge in [-0.05, 0) is 35.7 Å². The van der Waals surface area contributed by atoms with Crippen molar-refractivity contribution in [2.45, 2.75) is 18.9 Å². The largest absolute Gasteiger partial charge is 0.473 e. The van der Waals surface area contributed by atoms with E-state index in [1.165, 1.54) is 0 Å². The number of H-pyrrole nitrogens is 1. The minimum absolute atomic E-state index is 0.0352. The minimum Gasteiger partial charge on any atom is -0.473 e. The summed E-state index contributed by atoms with van der Waals surface area (Å²) in [5.74, 6) is 0.410. The number of nitrogens with zero attached hydrogens (tertiary/aromatic N) is 3. The van der Waals surface area contributed by atoms with Crippen LogP contribution in [0.25, 0.3) is 10.9 Å². The third-order valence-corrected chi connectivity index (χ3v) is 4.70. The fraction of sp³-hybridized carbons (Fsp3) is 0.250. The molecule has 6 nitrogen and oxygen atoms in total. The van der Waals surface area contributed by atoms with E-state index < -0.39 is 0 Å². The van der Waals surface area contributed by atoms with Gasteiger partial charge in [-0.25, -0.2) is 4.98 Å². The first kappa shape index (κ1) is 16.2. The molecule has 1 saturated heterocycles. The molecule has 2 aromatic heterocycles. The molecule has 3 aromatic rings. The van der Waals surface area contributed by atoms with Gasteiger partial charge in [0.05, 0.1) is 0 Å². The first-order valence-electron chi connectivity index (χ1n) is 8.63. The van der Waals surface area contributed by atoms with Crippen LogP contribution in [0.15, 0.2) is 48.8 Å². The number of aromatic amines is 1. The van der Waals surface area contributed by atoms with Crippen molar-refractivity contribution in [1.82, 2.24) is 14.9 Å². The summed E-state index contributed by atoms with van der Waals surface area (Å²) in [6.45, 7) is 1.25. The fourth-order valence-electron chi connectivity index (χ4n) is 3.27. The number of hydrogen-bond acceptors (Lipinski definition) is 4. The van der Waals surface area contributed by atoms with Crippen LogP contribution in [0, 0.1) is 11.3 Å². The third-order valence-electron chi connectivity index (χ3n) is 4.70. The molecule has 0 saturated carbocycles. The van der Waals surface area contributed by atoms with Crippen LogP contribution in [-0.2, 0) is 0 Å². The van der Waals surface area contributed by atoms with Gasteiger partial charge >= 0.3 is 0 Å². The van der Waals surface area contributed by atoms with Crippen molar-refractivity contribution < 1.29 is 9.53 Å². The van der Waals surface area contributed by atoms with E-state index in [0.717, 1.165) is 23.7 Å². The Labute approximate surface area is 151 Å². The van der Waals surface area contributed by atoms with E-state index in [2.05, 4.69) is 16.0 Å². The molecule has 1 aliphatic heterocycles. The lowest BCUT2D eigenvalue weighted by molar-refractivity contribution is 0.0587. The van der Waals surface area contributed by atoms with Crippen LogP contribution < -0.4 is 4.74 Å². The van der Waals surface area contributed by atoms with Gasteiger partial charge in [0, 0.05) is 49.4 Å². The molecule has 3 heterocycles. The average molecular weight is 346 g/mol. The Kier molecular flexibility index (Phi) is 4.28. The average Bonchev–Trinajstić information content (AvgIpc) is 3.16. The van der Waals surface area contributed by atoms with E-state index >= 15 is 0 Å². The first-order chi connectivity index (χ1) is 12.7. The van der Waals surface area contributed by atoms with Gasteiger partial charge in [0.15, 0.2) is 0 Å². The van der Waals surface area contributed by atoms with Crippen LogP contribution in [-0.4, -0.2) is 40.0 Å². The third kappa shape index (κ3) is 3.11. The van der Waals surface area contributed by atoms with Crippen molar-refractivity contribution in [2.24, 2.45) is 0 Å². The normalized spacial score (nSPS) is 15.0. The lowest BCUT2D eigenvalue weighted by atomic mass is 10.1. The number of likely N-dealkylation sites (tertiary alicyclic amines) is 1. The molecule has 0 bridgehead atoms. The van der Waals surface area contributed by atoms with Gasteiger partial charge in [0.25, 0.3) is 5.91 Å². The molecule has 130 valence electrons. The van der Waals surface area contributed by atoms with Crippen molar-refractivity contribution in [3.63, 3.8) is 0 Å². The van der Waals surface area contributed by atoms with Gasteiger partial charge in [0.2, 0.25) is 5.88 Å². The predicted octanol–water partition coefficient (Wildman–Crippen LogP) is 3.12. The maximum Gasteiger partial charge on any atom is 0.253 e.